The van der Waals surface area contributed by atoms with E-state index in [1.165, 1.54) is 32.1 Å². The van der Waals surface area contributed by atoms with Crippen LogP contribution in [0, 0.1) is 0 Å². The number of rotatable bonds is 7. The zero-order valence-corrected chi connectivity index (χ0v) is 16.8. The van der Waals surface area contributed by atoms with Gasteiger partial charge in [0.05, 0.1) is 6.10 Å². The molecule has 2 aliphatic rings. The van der Waals surface area contributed by atoms with Gasteiger partial charge in [-0.2, -0.15) is 0 Å². The van der Waals surface area contributed by atoms with Crippen LogP contribution >= 0.6 is 24.0 Å². The molecule has 136 valence electrons. The van der Waals surface area contributed by atoms with Crippen LogP contribution in [0.4, 0.5) is 0 Å². The molecule has 0 amide bonds. The van der Waals surface area contributed by atoms with Gasteiger partial charge in [-0.25, -0.2) is 0 Å². The highest BCUT2D eigenvalue weighted by atomic mass is 127. The Labute approximate surface area is 158 Å². The molecule has 6 heteroatoms. The molecule has 1 aliphatic carbocycles. The predicted octanol–water partition coefficient (Wildman–Crippen LogP) is 3.08. The van der Waals surface area contributed by atoms with Crippen molar-refractivity contribution in [2.24, 2.45) is 4.99 Å². The molecule has 2 fully saturated rings. The molecule has 2 rings (SSSR count). The number of hydrogen-bond donors (Lipinski definition) is 2. The van der Waals surface area contributed by atoms with Gasteiger partial charge in [0.2, 0.25) is 0 Å². The topological polar surface area (TPSA) is 54.9 Å². The van der Waals surface area contributed by atoms with Crippen molar-refractivity contribution in [3.05, 3.63) is 0 Å². The molecular weight excluding hydrogens is 405 g/mol. The molecule has 1 aliphatic heterocycles. The number of nitrogens with one attached hydrogen (secondary N) is 2. The van der Waals surface area contributed by atoms with Gasteiger partial charge in [-0.05, 0) is 39.0 Å². The van der Waals surface area contributed by atoms with E-state index in [9.17, 15) is 0 Å². The third-order valence-electron chi connectivity index (χ3n) is 4.38. The maximum absolute atomic E-state index is 5.88. The van der Waals surface area contributed by atoms with Gasteiger partial charge in [0, 0.05) is 39.0 Å². The first-order chi connectivity index (χ1) is 10.9. The highest BCUT2D eigenvalue weighted by Gasteiger charge is 2.15. The molecule has 1 saturated carbocycles. The summed E-state index contributed by atoms with van der Waals surface area (Å²) in [6.45, 7) is 6.35. The summed E-state index contributed by atoms with van der Waals surface area (Å²) in [5, 5.41) is 6.93. The van der Waals surface area contributed by atoms with E-state index in [0.29, 0.717) is 12.1 Å². The lowest BCUT2D eigenvalue weighted by Crippen LogP contribution is -2.44. The lowest BCUT2D eigenvalue weighted by Gasteiger charge is -2.25. The summed E-state index contributed by atoms with van der Waals surface area (Å²) < 4.78 is 11.2. The zero-order chi connectivity index (χ0) is 15.5. The van der Waals surface area contributed by atoms with Crippen LogP contribution in [0.3, 0.4) is 0 Å². The molecule has 0 aromatic rings. The van der Waals surface area contributed by atoms with Crippen LogP contribution in [0.1, 0.15) is 58.3 Å². The van der Waals surface area contributed by atoms with Crippen molar-refractivity contribution >= 4 is 29.9 Å². The molecule has 0 radical (unpaired) electrons. The van der Waals surface area contributed by atoms with Crippen molar-refractivity contribution in [1.29, 1.82) is 0 Å². The Balaban J connectivity index is 0.00000264. The number of ether oxygens (including phenoxy) is 2. The van der Waals surface area contributed by atoms with Gasteiger partial charge in [-0.3, -0.25) is 4.99 Å². The maximum Gasteiger partial charge on any atom is 0.191 e. The van der Waals surface area contributed by atoms with Crippen molar-refractivity contribution in [3.8, 4) is 0 Å². The van der Waals surface area contributed by atoms with Crippen LogP contribution in [0.15, 0.2) is 4.99 Å². The summed E-state index contributed by atoms with van der Waals surface area (Å²) in [7, 11) is 0. The molecule has 5 nitrogen and oxygen atoms in total. The van der Waals surface area contributed by atoms with Gasteiger partial charge < -0.3 is 20.1 Å². The normalized spacial score (nSPS) is 20.8. The Hall–Kier alpha value is -0.0800. The average molecular weight is 439 g/mol. The molecule has 0 aromatic carbocycles. The number of halogens is 1. The number of hydrogen-bond acceptors (Lipinski definition) is 3. The SMILES string of the molecule is CCNC(=NCCCOC1CCOCC1)NC1CCCCC1.I. The first kappa shape index (κ1) is 21.0. The average Bonchev–Trinajstić information content (AvgIpc) is 2.56. The third-order valence-corrected chi connectivity index (χ3v) is 4.38. The molecule has 0 unspecified atom stereocenters. The number of guanidine groups is 1. The van der Waals surface area contributed by atoms with Gasteiger partial charge >= 0.3 is 0 Å². The fraction of sp³-hybridized carbons (Fsp3) is 0.941. The molecule has 23 heavy (non-hydrogen) atoms. The van der Waals surface area contributed by atoms with Crippen molar-refractivity contribution in [3.63, 3.8) is 0 Å². The minimum atomic E-state index is 0. The first-order valence-electron chi connectivity index (χ1n) is 9.12. The smallest absolute Gasteiger partial charge is 0.191 e. The van der Waals surface area contributed by atoms with E-state index >= 15 is 0 Å². The Morgan fingerprint density at radius 1 is 1.13 bits per heavy atom. The van der Waals surface area contributed by atoms with E-state index in [2.05, 4.69) is 22.5 Å². The summed E-state index contributed by atoms with van der Waals surface area (Å²) in [6, 6.07) is 0.602. The van der Waals surface area contributed by atoms with Gasteiger partial charge in [0.1, 0.15) is 0 Å². The Kier molecular flexibility index (Phi) is 12.1. The highest BCUT2D eigenvalue weighted by Crippen LogP contribution is 2.17. The lowest BCUT2D eigenvalue weighted by molar-refractivity contribution is -0.0318. The summed E-state index contributed by atoms with van der Waals surface area (Å²) in [6.07, 6.45) is 10.1. The number of nitrogens with zero attached hydrogens (tertiary/aromatic N) is 1. The van der Waals surface area contributed by atoms with Crippen LogP contribution in [0.5, 0.6) is 0 Å². The standard InChI is InChI=1S/C17H33N3O2.HI/c1-2-18-17(20-15-7-4-3-5-8-15)19-11-6-12-22-16-9-13-21-14-10-16;/h15-16H,2-14H2,1H3,(H2,18,19,20);1H. The quantitative estimate of drug-likeness (QED) is 0.277. The molecule has 1 heterocycles. The molecule has 0 bridgehead atoms. The monoisotopic (exact) mass is 439 g/mol. The van der Waals surface area contributed by atoms with E-state index in [-0.39, 0.29) is 24.0 Å². The largest absolute Gasteiger partial charge is 0.381 e. The molecule has 1 saturated heterocycles. The van der Waals surface area contributed by atoms with Gasteiger partial charge in [0.25, 0.3) is 0 Å². The summed E-state index contributed by atoms with van der Waals surface area (Å²) in [4.78, 5) is 4.68. The zero-order valence-electron chi connectivity index (χ0n) is 14.5. The van der Waals surface area contributed by atoms with E-state index in [1.54, 1.807) is 0 Å². The predicted molar refractivity (Wildman–Crippen MR) is 106 cm³/mol. The fourth-order valence-corrected chi connectivity index (χ4v) is 3.11. The van der Waals surface area contributed by atoms with Crippen molar-refractivity contribution < 1.29 is 9.47 Å². The van der Waals surface area contributed by atoms with Crippen LogP contribution in [-0.2, 0) is 9.47 Å². The fourth-order valence-electron chi connectivity index (χ4n) is 3.11. The Morgan fingerprint density at radius 3 is 2.57 bits per heavy atom. The molecule has 0 atom stereocenters. The highest BCUT2D eigenvalue weighted by molar-refractivity contribution is 14.0. The summed E-state index contributed by atoms with van der Waals surface area (Å²) in [5.74, 6) is 0.973. The summed E-state index contributed by atoms with van der Waals surface area (Å²) in [5.41, 5.74) is 0. The van der Waals surface area contributed by atoms with Gasteiger partial charge in [-0.15, -0.1) is 24.0 Å². The van der Waals surface area contributed by atoms with E-state index in [0.717, 1.165) is 58.1 Å². The minimum Gasteiger partial charge on any atom is -0.381 e. The third kappa shape index (κ3) is 9.10. The molecule has 2 N–H and O–H groups in total. The maximum atomic E-state index is 5.88. The van der Waals surface area contributed by atoms with E-state index < -0.39 is 0 Å². The van der Waals surface area contributed by atoms with E-state index in [1.807, 2.05) is 0 Å². The van der Waals surface area contributed by atoms with Crippen LogP contribution in [0.25, 0.3) is 0 Å². The van der Waals surface area contributed by atoms with Crippen molar-refractivity contribution in [1.82, 2.24) is 10.6 Å². The molecular formula is C17H34IN3O2. The van der Waals surface area contributed by atoms with Crippen molar-refractivity contribution in [2.75, 3.05) is 32.9 Å². The van der Waals surface area contributed by atoms with Crippen LogP contribution in [0.2, 0.25) is 0 Å². The first-order valence-corrected chi connectivity index (χ1v) is 9.12. The second-order valence-electron chi connectivity index (χ2n) is 6.28. The number of aliphatic imine (C=N–C) groups is 1. The molecule has 0 aromatic heterocycles. The second-order valence-corrected chi connectivity index (χ2v) is 6.28. The van der Waals surface area contributed by atoms with Crippen molar-refractivity contribution in [2.45, 2.75) is 70.4 Å². The Bertz CT molecular complexity index is 317. The van der Waals surface area contributed by atoms with Gasteiger partial charge in [0.15, 0.2) is 5.96 Å². The summed E-state index contributed by atoms with van der Waals surface area (Å²) >= 11 is 0. The van der Waals surface area contributed by atoms with E-state index in [4.69, 9.17) is 9.47 Å². The van der Waals surface area contributed by atoms with Crippen LogP contribution in [-0.4, -0.2) is 51.0 Å². The Morgan fingerprint density at radius 2 is 1.87 bits per heavy atom. The molecule has 0 spiro atoms. The second kappa shape index (κ2) is 13.2. The van der Waals surface area contributed by atoms with Crippen LogP contribution < -0.4 is 10.6 Å². The lowest BCUT2D eigenvalue weighted by atomic mass is 9.96. The minimum absolute atomic E-state index is 0. The van der Waals surface area contributed by atoms with Gasteiger partial charge in [-0.1, -0.05) is 19.3 Å².